The van der Waals surface area contributed by atoms with Crippen molar-refractivity contribution in [2.45, 2.75) is 13.0 Å². The van der Waals surface area contributed by atoms with Gasteiger partial charge in [-0.15, -0.1) is 0 Å². The lowest BCUT2D eigenvalue weighted by molar-refractivity contribution is -0.123. The third kappa shape index (κ3) is 3.62. The second kappa shape index (κ2) is 6.84. The zero-order valence-corrected chi connectivity index (χ0v) is 14.4. The van der Waals surface area contributed by atoms with Crippen LogP contribution in [0, 0.1) is 0 Å². The number of nitrogens with one attached hydrogen (secondary N) is 1. The van der Waals surface area contributed by atoms with Gasteiger partial charge in [0, 0.05) is 22.6 Å². The van der Waals surface area contributed by atoms with Crippen LogP contribution in [-0.4, -0.2) is 27.4 Å². The maximum absolute atomic E-state index is 12.1. The normalized spacial score (nSPS) is 11.9. The van der Waals surface area contributed by atoms with E-state index in [0.29, 0.717) is 11.3 Å². The van der Waals surface area contributed by atoms with E-state index in [1.165, 1.54) is 6.92 Å². The molecule has 1 aromatic carbocycles. The van der Waals surface area contributed by atoms with Gasteiger partial charge in [-0.05, 0) is 43.3 Å². The summed E-state index contributed by atoms with van der Waals surface area (Å²) < 4.78 is 7.81. The molecule has 2 heterocycles. The zero-order valence-electron chi connectivity index (χ0n) is 12.8. The minimum absolute atomic E-state index is 0.157. The highest BCUT2D eigenvalue weighted by Gasteiger charge is 2.21. The molecular weight excluding hydrogens is 374 g/mol. The maximum Gasteiger partial charge on any atom is 0.359 e. The molecule has 3 rings (SSSR count). The van der Waals surface area contributed by atoms with E-state index >= 15 is 0 Å². The number of pyridine rings is 1. The quantitative estimate of drug-likeness (QED) is 0.697. The fourth-order valence-corrected chi connectivity index (χ4v) is 2.35. The fourth-order valence-electron chi connectivity index (χ4n) is 2.08. The molecule has 0 saturated carbocycles. The average Bonchev–Trinajstić information content (AvgIpc) is 3.01. The first kappa shape index (κ1) is 16.2. The molecule has 1 amide bonds. The summed E-state index contributed by atoms with van der Waals surface area (Å²) >= 11 is 3.32. The van der Waals surface area contributed by atoms with E-state index in [1.807, 2.05) is 24.3 Å². The van der Waals surface area contributed by atoms with Gasteiger partial charge in [0.15, 0.2) is 11.8 Å². The SMILES string of the molecule is C[C@H](OC(=O)c1cn2ccccc2n1)C(=O)Nc1ccc(Br)cc1. The van der Waals surface area contributed by atoms with Gasteiger partial charge in [0.1, 0.15) is 5.65 Å². The van der Waals surface area contributed by atoms with Crippen molar-refractivity contribution in [3.63, 3.8) is 0 Å². The molecule has 0 spiro atoms. The summed E-state index contributed by atoms with van der Waals surface area (Å²) in [5.74, 6) is -1.05. The van der Waals surface area contributed by atoms with Gasteiger partial charge in [0.05, 0.1) is 0 Å². The van der Waals surface area contributed by atoms with Crippen LogP contribution in [0.5, 0.6) is 0 Å². The molecule has 0 saturated heterocycles. The van der Waals surface area contributed by atoms with Crippen LogP contribution in [0.3, 0.4) is 0 Å². The largest absolute Gasteiger partial charge is 0.448 e. The Morgan fingerprint density at radius 1 is 1.21 bits per heavy atom. The Balaban J connectivity index is 1.64. The van der Waals surface area contributed by atoms with Gasteiger partial charge in [-0.3, -0.25) is 4.79 Å². The summed E-state index contributed by atoms with van der Waals surface area (Å²) in [4.78, 5) is 28.4. The number of halogens is 1. The van der Waals surface area contributed by atoms with Crippen LogP contribution in [0.25, 0.3) is 5.65 Å². The first-order chi connectivity index (χ1) is 11.5. The Hall–Kier alpha value is -2.67. The Labute approximate surface area is 146 Å². The topological polar surface area (TPSA) is 72.7 Å². The Bertz CT molecular complexity index is 856. The van der Waals surface area contributed by atoms with Gasteiger partial charge >= 0.3 is 5.97 Å². The van der Waals surface area contributed by atoms with Gasteiger partial charge in [0.2, 0.25) is 0 Å². The molecule has 2 aromatic heterocycles. The number of hydrogen-bond acceptors (Lipinski definition) is 4. The lowest BCUT2D eigenvalue weighted by atomic mass is 10.3. The van der Waals surface area contributed by atoms with E-state index < -0.39 is 18.0 Å². The second-order valence-corrected chi connectivity index (χ2v) is 6.05. The number of ether oxygens (including phenoxy) is 1. The average molecular weight is 388 g/mol. The predicted molar refractivity (Wildman–Crippen MR) is 92.8 cm³/mol. The molecule has 0 aliphatic rings. The highest BCUT2D eigenvalue weighted by Crippen LogP contribution is 2.15. The smallest absolute Gasteiger partial charge is 0.359 e. The molecule has 0 fully saturated rings. The Morgan fingerprint density at radius 3 is 2.67 bits per heavy atom. The van der Waals surface area contributed by atoms with Crippen molar-refractivity contribution in [3.8, 4) is 0 Å². The van der Waals surface area contributed by atoms with Gasteiger partial charge in [-0.25, -0.2) is 9.78 Å². The number of nitrogens with zero attached hydrogens (tertiary/aromatic N) is 2. The Kier molecular flexibility index (Phi) is 4.61. The van der Waals surface area contributed by atoms with Crippen LogP contribution >= 0.6 is 15.9 Å². The van der Waals surface area contributed by atoms with Crippen molar-refractivity contribution in [2.75, 3.05) is 5.32 Å². The van der Waals surface area contributed by atoms with Crippen LogP contribution in [0.1, 0.15) is 17.4 Å². The maximum atomic E-state index is 12.1. The summed E-state index contributed by atoms with van der Waals surface area (Å²) in [6, 6.07) is 12.5. The molecule has 1 atom stereocenters. The van der Waals surface area contributed by atoms with E-state index in [1.54, 1.807) is 35.0 Å². The number of esters is 1. The van der Waals surface area contributed by atoms with Gasteiger partial charge in [-0.2, -0.15) is 0 Å². The number of anilines is 1. The summed E-state index contributed by atoms with van der Waals surface area (Å²) in [7, 11) is 0. The number of rotatable bonds is 4. The molecule has 0 bridgehead atoms. The van der Waals surface area contributed by atoms with Crippen LogP contribution in [0.4, 0.5) is 5.69 Å². The number of amides is 1. The molecule has 6 nitrogen and oxygen atoms in total. The molecule has 0 aliphatic heterocycles. The molecule has 122 valence electrons. The van der Waals surface area contributed by atoms with Gasteiger partial charge in [-0.1, -0.05) is 22.0 Å². The number of carbonyl (C=O) groups excluding carboxylic acids is 2. The highest BCUT2D eigenvalue weighted by molar-refractivity contribution is 9.10. The van der Waals surface area contributed by atoms with Crippen molar-refractivity contribution in [1.29, 1.82) is 0 Å². The molecule has 0 unspecified atom stereocenters. The number of hydrogen-bond donors (Lipinski definition) is 1. The summed E-state index contributed by atoms with van der Waals surface area (Å²) in [5, 5.41) is 2.69. The molecule has 24 heavy (non-hydrogen) atoms. The second-order valence-electron chi connectivity index (χ2n) is 5.14. The van der Waals surface area contributed by atoms with Gasteiger partial charge in [0.25, 0.3) is 5.91 Å². The summed E-state index contributed by atoms with van der Waals surface area (Å²) in [5.41, 5.74) is 1.42. The minimum Gasteiger partial charge on any atom is -0.448 e. The van der Waals surface area contributed by atoms with Crippen LogP contribution in [0.2, 0.25) is 0 Å². The lowest BCUT2D eigenvalue weighted by Crippen LogP contribution is -2.30. The highest BCUT2D eigenvalue weighted by atomic mass is 79.9. The number of aromatic nitrogens is 2. The third-order valence-corrected chi connectivity index (χ3v) is 3.87. The lowest BCUT2D eigenvalue weighted by Gasteiger charge is -2.12. The molecule has 1 N–H and O–H groups in total. The zero-order chi connectivity index (χ0) is 17.1. The molecule has 3 aromatic rings. The van der Waals surface area contributed by atoms with Crippen molar-refractivity contribution in [3.05, 3.63) is 65.0 Å². The van der Waals surface area contributed by atoms with Crippen molar-refractivity contribution in [1.82, 2.24) is 9.38 Å². The number of imidazole rings is 1. The van der Waals surface area contributed by atoms with E-state index in [0.717, 1.165) is 4.47 Å². The standard InChI is InChI=1S/C17H14BrN3O3/c1-11(16(22)19-13-7-5-12(18)6-8-13)24-17(23)14-10-21-9-3-2-4-15(21)20-14/h2-11H,1H3,(H,19,22)/t11-/m0/s1. The van der Waals surface area contributed by atoms with Crippen LogP contribution in [0.15, 0.2) is 59.3 Å². The van der Waals surface area contributed by atoms with Crippen molar-refractivity contribution < 1.29 is 14.3 Å². The number of benzene rings is 1. The monoisotopic (exact) mass is 387 g/mol. The van der Waals surface area contributed by atoms with Crippen LogP contribution < -0.4 is 5.32 Å². The Morgan fingerprint density at radius 2 is 1.96 bits per heavy atom. The minimum atomic E-state index is -0.939. The first-order valence-electron chi connectivity index (χ1n) is 7.24. The van der Waals surface area contributed by atoms with Crippen molar-refractivity contribution in [2.24, 2.45) is 0 Å². The number of carbonyl (C=O) groups is 2. The van der Waals surface area contributed by atoms with E-state index in [2.05, 4.69) is 26.2 Å². The summed E-state index contributed by atoms with van der Waals surface area (Å²) in [6.07, 6.45) is 2.41. The van der Waals surface area contributed by atoms with Crippen LogP contribution in [-0.2, 0) is 9.53 Å². The van der Waals surface area contributed by atoms with E-state index in [4.69, 9.17) is 4.74 Å². The third-order valence-electron chi connectivity index (χ3n) is 3.34. The number of fused-ring (bicyclic) bond motifs is 1. The molecular formula is C17H14BrN3O3. The van der Waals surface area contributed by atoms with Gasteiger partial charge < -0.3 is 14.5 Å². The molecule has 7 heteroatoms. The van der Waals surface area contributed by atoms with Crippen molar-refractivity contribution >= 4 is 39.1 Å². The first-order valence-corrected chi connectivity index (χ1v) is 8.03. The van der Waals surface area contributed by atoms with E-state index in [-0.39, 0.29) is 5.69 Å². The fraction of sp³-hybridized carbons (Fsp3) is 0.118. The molecule has 0 radical (unpaired) electrons. The predicted octanol–water partition coefficient (Wildman–Crippen LogP) is 3.28. The molecule has 0 aliphatic carbocycles. The van der Waals surface area contributed by atoms with E-state index in [9.17, 15) is 9.59 Å². The summed E-state index contributed by atoms with van der Waals surface area (Å²) in [6.45, 7) is 1.52.